The molecule has 35 valence electrons. The zero-order valence-corrected chi connectivity index (χ0v) is 5.00. The molecule has 0 amide bonds. The summed E-state index contributed by atoms with van der Waals surface area (Å²) in [6, 6.07) is 0. The van der Waals surface area contributed by atoms with Crippen LogP contribution in [0.1, 0.15) is 0 Å². The van der Waals surface area contributed by atoms with Crippen molar-refractivity contribution in [3.8, 4) is 0 Å². The summed E-state index contributed by atoms with van der Waals surface area (Å²) in [4.78, 5) is 0. The second-order valence-electron chi connectivity index (χ2n) is 0. The molecule has 7 heteroatoms. The summed E-state index contributed by atoms with van der Waals surface area (Å²) in [6.07, 6.45) is 0. The van der Waals surface area contributed by atoms with Gasteiger partial charge in [0.05, 0.1) is 0 Å². The summed E-state index contributed by atoms with van der Waals surface area (Å²) in [7, 11) is 0. The molecule has 0 heterocycles. The quantitative estimate of drug-likeness (QED) is 0.268. The molecule has 0 aliphatic carbocycles. The zero-order chi connectivity index (χ0) is 0. The molecule has 0 aromatic carbocycles. The Kier molecular flexibility index (Phi) is 3400. The Bertz CT molecular complexity index is 6.90. The van der Waals surface area contributed by atoms with Crippen molar-refractivity contribution in [3.63, 3.8) is 0 Å². The van der Waals surface area contributed by atoms with Crippen molar-refractivity contribution in [2.45, 2.75) is 0 Å². The van der Waals surface area contributed by atoms with Crippen LogP contribution in [0.25, 0.3) is 0 Å². The van der Waals surface area contributed by atoms with Crippen LogP contribution in [-0.2, 0) is 0 Å². The topological polar surface area (TPSA) is 126 Å². The SMILES string of the molecule is O.O.O.O.[Li].[Li].[Li]. The van der Waals surface area contributed by atoms with E-state index in [2.05, 4.69) is 0 Å². The molecule has 0 fully saturated rings. The Hall–Kier alpha value is 1.63. The maximum atomic E-state index is 0. The first-order valence-electron chi connectivity index (χ1n) is 0. The molecule has 0 aliphatic heterocycles. The first-order chi connectivity index (χ1) is 0. The van der Waals surface area contributed by atoms with E-state index in [1.54, 1.807) is 0 Å². The van der Waals surface area contributed by atoms with Crippen molar-refractivity contribution < 1.29 is 21.9 Å². The van der Waals surface area contributed by atoms with Crippen molar-refractivity contribution >= 4 is 56.6 Å². The van der Waals surface area contributed by atoms with Crippen molar-refractivity contribution in [1.29, 1.82) is 0 Å². The largest absolute Gasteiger partial charge is 0.412 e. The molecule has 0 aliphatic rings. The van der Waals surface area contributed by atoms with Crippen molar-refractivity contribution in [2.75, 3.05) is 0 Å². The number of hydrogen-bond donors (Lipinski definition) is 0. The molecule has 7 heavy (non-hydrogen) atoms. The summed E-state index contributed by atoms with van der Waals surface area (Å²) in [5.74, 6) is 0. The van der Waals surface area contributed by atoms with Crippen LogP contribution in [0.2, 0.25) is 0 Å². The normalized spacial score (nSPS) is 0. The van der Waals surface area contributed by atoms with E-state index < -0.39 is 0 Å². The second kappa shape index (κ2) is 126. The second-order valence-corrected chi connectivity index (χ2v) is 0. The third kappa shape index (κ3) is 90.9. The van der Waals surface area contributed by atoms with Crippen LogP contribution in [0.5, 0.6) is 0 Å². The third-order valence-electron chi connectivity index (χ3n) is 0. The molecule has 0 unspecified atom stereocenters. The van der Waals surface area contributed by atoms with E-state index in [0.29, 0.717) is 0 Å². The van der Waals surface area contributed by atoms with Crippen LogP contribution < -0.4 is 0 Å². The summed E-state index contributed by atoms with van der Waals surface area (Å²) in [5.41, 5.74) is 0. The molecule has 3 radical (unpaired) electrons. The molecular weight excluding hydrogens is 84.8 g/mol. The molecule has 0 saturated carbocycles. The first kappa shape index (κ1) is 189. The van der Waals surface area contributed by atoms with E-state index in [4.69, 9.17) is 0 Å². The van der Waals surface area contributed by atoms with E-state index in [0.717, 1.165) is 0 Å². The monoisotopic (exact) mass is 93.1 g/mol. The molecule has 4 nitrogen and oxygen atoms in total. The molecule has 0 bridgehead atoms. The molecule has 8 N–H and O–H groups in total. The summed E-state index contributed by atoms with van der Waals surface area (Å²) >= 11 is 0. The third-order valence-corrected chi connectivity index (χ3v) is 0. The maximum Gasteiger partial charge on any atom is 0 e. The zero-order valence-electron chi connectivity index (χ0n) is 5.00. The average Bonchev–Trinajstić information content (AvgIpc) is 0. The fourth-order valence-corrected chi connectivity index (χ4v) is 0. The summed E-state index contributed by atoms with van der Waals surface area (Å²) < 4.78 is 0. The van der Waals surface area contributed by atoms with E-state index >= 15 is 0 Å². The molecule has 0 saturated heterocycles. The molecule has 0 atom stereocenters. The molecular formula is H8Li3O4. The van der Waals surface area contributed by atoms with E-state index in [1.807, 2.05) is 0 Å². The van der Waals surface area contributed by atoms with E-state index in [1.165, 1.54) is 0 Å². The van der Waals surface area contributed by atoms with Gasteiger partial charge in [0.1, 0.15) is 0 Å². The van der Waals surface area contributed by atoms with Crippen LogP contribution in [0.3, 0.4) is 0 Å². The van der Waals surface area contributed by atoms with Crippen LogP contribution in [-0.4, -0.2) is 78.5 Å². The van der Waals surface area contributed by atoms with Crippen molar-refractivity contribution in [2.24, 2.45) is 0 Å². The van der Waals surface area contributed by atoms with Gasteiger partial charge in [-0.2, -0.15) is 0 Å². The van der Waals surface area contributed by atoms with E-state index in [-0.39, 0.29) is 78.5 Å². The van der Waals surface area contributed by atoms with Gasteiger partial charge in [-0.15, -0.1) is 0 Å². The van der Waals surface area contributed by atoms with Crippen LogP contribution in [0, 0.1) is 0 Å². The van der Waals surface area contributed by atoms with Gasteiger partial charge in [-0.25, -0.2) is 0 Å². The minimum Gasteiger partial charge on any atom is -0.412 e. The Labute approximate surface area is 78.2 Å². The van der Waals surface area contributed by atoms with Gasteiger partial charge < -0.3 is 21.9 Å². The smallest absolute Gasteiger partial charge is 0 e. The maximum absolute atomic E-state index is 0. The Balaban J connectivity index is 0. The van der Waals surface area contributed by atoms with Crippen molar-refractivity contribution in [3.05, 3.63) is 0 Å². The molecule has 0 aromatic rings. The van der Waals surface area contributed by atoms with Crippen LogP contribution in [0.4, 0.5) is 0 Å². The summed E-state index contributed by atoms with van der Waals surface area (Å²) in [5, 5.41) is 0. The number of hydrogen-bond acceptors (Lipinski definition) is 0. The number of rotatable bonds is 0. The van der Waals surface area contributed by atoms with Gasteiger partial charge in [-0.1, -0.05) is 0 Å². The molecule has 0 aromatic heterocycles. The minimum atomic E-state index is 0. The van der Waals surface area contributed by atoms with E-state index in [9.17, 15) is 0 Å². The Morgan fingerprint density at radius 2 is 0.286 bits per heavy atom. The van der Waals surface area contributed by atoms with Gasteiger partial charge >= 0.3 is 0 Å². The van der Waals surface area contributed by atoms with Gasteiger partial charge in [-0.05, 0) is 0 Å². The fraction of sp³-hybridized carbons (Fsp3) is 0. The van der Waals surface area contributed by atoms with Gasteiger partial charge in [0, 0.05) is 56.6 Å². The van der Waals surface area contributed by atoms with Gasteiger partial charge in [0.2, 0.25) is 0 Å². The molecule has 0 rings (SSSR count). The predicted molar refractivity (Wildman–Crippen MR) is 31.7 cm³/mol. The standard InChI is InChI=1S/3Li.4H2O/h;;;4*1H2. The minimum absolute atomic E-state index is 0. The van der Waals surface area contributed by atoms with Crippen molar-refractivity contribution in [1.82, 2.24) is 0 Å². The average molecular weight is 92.9 g/mol. The fourth-order valence-electron chi connectivity index (χ4n) is 0. The molecule has 0 spiro atoms. The predicted octanol–water partition coefficient (Wildman–Crippen LogP) is -4.44. The van der Waals surface area contributed by atoms with Gasteiger partial charge in [0.25, 0.3) is 0 Å². The Morgan fingerprint density at radius 3 is 0.286 bits per heavy atom. The van der Waals surface area contributed by atoms with Crippen LogP contribution >= 0.6 is 0 Å². The van der Waals surface area contributed by atoms with Gasteiger partial charge in [-0.3, -0.25) is 0 Å². The Morgan fingerprint density at radius 1 is 0.286 bits per heavy atom. The first-order valence-corrected chi connectivity index (χ1v) is 0. The summed E-state index contributed by atoms with van der Waals surface area (Å²) in [6.45, 7) is 0. The van der Waals surface area contributed by atoms with Crippen LogP contribution in [0.15, 0.2) is 0 Å². The van der Waals surface area contributed by atoms with Gasteiger partial charge in [0.15, 0.2) is 0 Å².